The van der Waals surface area contributed by atoms with E-state index in [-0.39, 0.29) is 17.3 Å². The molecule has 3 aromatic rings. The summed E-state index contributed by atoms with van der Waals surface area (Å²) < 4.78 is 30.8. The molecule has 0 unspecified atom stereocenters. The predicted octanol–water partition coefficient (Wildman–Crippen LogP) is 4.25. The summed E-state index contributed by atoms with van der Waals surface area (Å²) in [5.74, 6) is 0.821. The van der Waals surface area contributed by atoms with Crippen molar-refractivity contribution in [3.63, 3.8) is 0 Å². The summed E-state index contributed by atoms with van der Waals surface area (Å²) in [4.78, 5) is 16.6. The fraction of sp³-hybridized carbons (Fsp3) is 0.263. The Morgan fingerprint density at radius 3 is 2.64 bits per heavy atom. The van der Waals surface area contributed by atoms with Gasteiger partial charge in [-0.15, -0.1) is 10.2 Å². The van der Waals surface area contributed by atoms with Crippen molar-refractivity contribution in [1.82, 2.24) is 19.7 Å². The van der Waals surface area contributed by atoms with E-state index in [0.717, 1.165) is 24.2 Å². The SMILES string of the molecule is O=C(CSc1nnc(-c2cccnc2)n1C1CC1)c1ccc(OC(F)F)cc1. The molecule has 0 radical (unpaired) electrons. The number of ketones is 1. The van der Waals surface area contributed by atoms with Crippen molar-refractivity contribution in [2.75, 3.05) is 5.75 Å². The Morgan fingerprint density at radius 2 is 2.00 bits per heavy atom. The molecule has 2 aromatic heterocycles. The quantitative estimate of drug-likeness (QED) is 0.414. The molecule has 2 heterocycles. The lowest BCUT2D eigenvalue weighted by molar-refractivity contribution is -0.0498. The Hall–Kier alpha value is -2.81. The molecular formula is C19H16F2N4O2S. The van der Waals surface area contributed by atoms with E-state index in [9.17, 15) is 13.6 Å². The van der Waals surface area contributed by atoms with Crippen molar-refractivity contribution >= 4 is 17.5 Å². The number of pyridine rings is 1. The number of carbonyl (C=O) groups is 1. The van der Waals surface area contributed by atoms with Crippen LogP contribution in [-0.2, 0) is 0 Å². The lowest BCUT2D eigenvalue weighted by Crippen LogP contribution is -2.06. The van der Waals surface area contributed by atoms with E-state index in [1.807, 2.05) is 12.1 Å². The van der Waals surface area contributed by atoms with Crippen LogP contribution in [0.1, 0.15) is 29.2 Å². The Bertz CT molecular complexity index is 960. The summed E-state index contributed by atoms with van der Waals surface area (Å²) in [5.41, 5.74) is 1.31. The molecule has 9 heteroatoms. The van der Waals surface area contributed by atoms with Crippen LogP contribution in [0.15, 0.2) is 53.9 Å². The number of thioether (sulfide) groups is 1. The van der Waals surface area contributed by atoms with Crippen molar-refractivity contribution < 1.29 is 18.3 Å². The molecule has 0 atom stereocenters. The van der Waals surface area contributed by atoms with Gasteiger partial charge in [0.1, 0.15) is 5.75 Å². The van der Waals surface area contributed by atoms with Gasteiger partial charge in [0.15, 0.2) is 16.8 Å². The first-order valence-electron chi connectivity index (χ1n) is 8.68. The molecule has 1 aliphatic rings. The monoisotopic (exact) mass is 402 g/mol. The van der Waals surface area contributed by atoms with E-state index in [4.69, 9.17) is 0 Å². The number of ether oxygens (including phenoxy) is 1. The average molecular weight is 402 g/mol. The molecule has 0 spiro atoms. The minimum Gasteiger partial charge on any atom is -0.435 e. The number of Topliss-reactive ketones (excluding diaryl/α,β-unsaturated/α-hetero) is 1. The Labute approximate surface area is 164 Å². The van der Waals surface area contributed by atoms with Crippen LogP contribution in [0.5, 0.6) is 5.75 Å². The van der Waals surface area contributed by atoms with E-state index < -0.39 is 6.61 Å². The molecular weight excluding hydrogens is 386 g/mol. The maximum absolute atomic E-state index is 12.4. The van der Waals surface area contributed by atoms with E-state index in [0.29, 0.717) is 16.8 Å². The first kappa shape index (κ1) is 18.5. The highest BCUT2D eigenvalue weighted by atomic mass is 32.2. The molecule has 0 amide bonds. The van der Waals surface area contributed by atoms with Crippen molar-refractivity contribution in [2.24, 2.45) is 0 Å². The number of carbonyl (C=O) groups excluding carboxylic acids is 1. The average Bonchev–Trinajstić information content (AvgIpc) is 3.46. The summed E-state index contributed by atoms with van der Waals surface area (Å²) in [6, 6.07) is 9.79. The zero-order chi connectivity index (χ0) is 19.5. The third-order valence-electron chi connectivity index (χ3n) is 4.23. The number of hydrogen-bond donors (Lipinski definition) is 0. The van der Waals surface area contributed by atoms with Crippen LogP contribution in [0.4, 0.5) is 8.78 Å². The Balaban J connectivity index is 1.46. The summed E-state index contributed by atoms with van der Waals surface area (Å²) in [5, 5.41) is 9.24. The zero-order valence-corrected chi connectivity index (χ0v) is 15.5. The first-order chi connectivity index (χ1) is 13.6. The van der Waals surface area contributed by atoms with Gasteiger partial charge in [-0.3, -0.25) is 14.3 Å². The van der Waals surface area contributed by atoms with Gasteiger partial charge in [-0.05, 0) is 49.2 Å². The van der Waals surface area contributed by atoms with Crippen LogP contribution in [0.3, 0.4) is 0 Å². The highest BCUT2D eigenvalue weighted by Crippen LogP contribution is 2.41. The molecule has 1 aromatic carbocycles. The maximum Gasteiger partial charge on any atom is 0.387 e. The van der Waals surface area contributed by atoms with Gasteiger partial charge >= 0.3 is 6.61 Å². The highest BCUT2D eigenvalue weighted by molar-refractivity contribution is 7.99. The maximum atomic E-state index is 12.4. The second-order valence-electron chi connectivity index (χ2n) is 6.26. The van der Waals surface area contributed by atoms with Crippen LogP contribution >= 0.6 is 11.8 Å². The Morgan fingerprint density at radius 1 is 1.21 bits per heavy atom. The normalized spacial score (nSPS) is 13.7. The number of aromatic nitrogens is 4. The van der Waals surface area contributed by atoms with Crippen molar-refractivity contribution in [3.05, 3.63) is 54.4 Å². The second-order valence-corrected chi connectivity index (χ2v) is 7.21. The first-order valence-corrected chi connectivity index (χ1v) is 9.66. The van der Waals surface area contributed by atoms with Crippen LogP contribution < -0.4 is 4.74 Å². The lowest BCUT2D eigenvalue weighted by atomic mass is 10.1. The predicted molar refractivity (Wildman–Crippen MR) is 99.7 cm³/mol. The standard InChI is InChI=1S/C19H16F2N4O2S/c20-18(21)27-15-7-3-12(4-8-15)16(26)11-28-19-24-23-17(25(19)14-5-6-14)13-2-1-9-22-10-13/h1-4,7-10,14,18H,5-6,11H2. The molecule has 144 valence electrons. The fourth-order valence-electron chi connectivity index (χ4n) is 2.76. The van der Waals surface area contributed by atoms with Crippen molar-refractivity contribution in [2.45, 2.75) is 30.7 Å². The fourth-order valence-corrected chi connectivity index (χ4v) is 3.66. The van der Waals surface area contributed by atoms with Crippen LogP contribution in [-0.4, -0.2) is 37.9 Å². The number of benzene rings is 1. The van der Waals surface area contributed by atoms with Crippen LogP contribution in [0, 0.1) is 0 Å². The lowest BCUT2D eigenvalue weighted by Gasteiger charge is -2.08. The topological polar surface area (TPSA) is 69.9 Å². The minimum atomic E-state index is -2.89. The van der Waals surface area contributed by atoms with E-state index >= 15 is 0 Å². The molecule has 0 bridgehead atoms. The summed E-state index contributed by atoms with van der Waals surface area (Å²) >= 11 is 1.32. The number of halogens is 2. The van der Waals surface area contributed by atoms with Gasteiger partial charge in [0.05, 0.1) is 5.75 Å². The van der Waals surface area contributed by atoms with Gasteiger partial charge in [-0.1, -0.05) is 11.8 Å². The van der Waals surface area contributed by atoms with Crippen molar-refractivity contribution in [1.29, 1.82) is 0 Å². The van der Waals surface area contributed by atoms with Crippen LogP contribution in [0.25, 0.3) is 11.4 Å². The molecule has 0 saturated heterocycles. The van der Waals surface area contributed by atoms with Gasteiger partial charge in [-0.2, -0.15) is 8.78 Å². The third-order valence-corrected chi connectivity index (χ3v) is 5.17. The van der Waals surface area contributed by atoms with Gasteiger partial charge in [-0.25, -0.2) is 0 Å². The third kappa shape index (κ3) is 4.19. The summed E-state index contributed by atoms with van der Waals surface area (Å²) in [6.45, 7) is -2.89. The van der Waals surface area contributed by atoms with Crippen LogP contribution in [0.2, 0.25) is 0 Å². The molecule has 1 fully saturated rings. The number of hydrogen-bond acceptors (Lipinski definition) is 6. The van der Waals surface area contributed by atoms with E-state index in [1.54, 1.807) is 12.4 Å². The molecule has 0 aliphatic heterocycles. The van der Waals surface area contributed by atoms with Gasteiger partial charge in [0.2, 0.25) is 0 Å². The molecule has 0 N–H and O–H groups in total. The number of nitrogens with zero attached hydrogens (tertiary/aromatic N) is 4. The summed E-state index contributed by atoms with van der Waals surface area (Å²) in [7, 11) is 0. The van der Waals surface area contributed by atoms with Gasteiger partial charge in [0.25, 0.3) is 0 Å². The van der Waals surface area contributed by atoms with E-state index in [1.165, 1.54) is 36.0 Å². The van der Waals surface area contributed by atoms with Gasteiger partial charge in [0, 0.05) is 29.6 Å². The highest BCUT2D eigenvalue weighted by Gasteiger charge is 2.30. The molecule has 6 nitrogen and oxygen atoms in total. The van der Waals surface area contributed by atoms with Gasteiger partial charge < -0.3 is 4.74 Å². The van der Waals surface area contributed by atoms with E-state index in [2.05, 4.69) is 24.5 Å². The Kier molecular flexibility index (Phi) is 5.34. The molecule has 1 saturated carbocycles. The number of rotatable bonds is 8. The smallest absolute Gasteiger partial charge is 0.387 e. The van der Waals surface area contributed by atoms with Crippen molar-refractivity contribution in [3.8, 4) is 17.1 Å². The minimum absolute atomic E-state index is 0.0220. The molecule has 28 heavy (non-hydrogen) atoms. The largest absolute Gasteiger partial charge is 0.435 e. The second kappa shape index (κ2) is 8.05. The number of alkyl halides is 2. The summed E-state index contributed by atoms with van der Waals surface area (Å²) in [6.07, 6.45) is 5.55. The zero-order valence-electron chi connectivity index (χ0n) is 14.7. The molecule has 1 aliphatic carbocycles. The molecule has 4 rings (SSSR count).